The zero-order valence-electron chi connectivity index (χ0n) is 12.2. The number of nitrogens with one attached hydrogen (secondary N) is 1. The predicted molar refractivity (Wildman–Crippen MR) is 80.8 cm³/mol. The SMILES string of the molecule is COCCc1ccccc1NC(=O)C(N)c1cnn(C)c1. The topological polar surface area (TPSA) is 82.2 Å². The van der Waals surface area contributed by atoms with Crippen LogP contribution < -0.4 is 11.1 Å². The number of carbonyl (C=O) groups is 1. The lowest BCUT2D eigenvalue weighted by molar-refractivity contribution is -0.117. The van der Waals surface area contributed by atoms with E-state index in [4.69, 9.17) is 10.5 Å². The summed E-state index contributed by atoms with van der Waals surface area (Å²) >= 11 is 0. The third kappa shape index (κ3) is 3.90. The molecule has 1 aromatic carbocycles. The second-order valence-corrected chi connectivity index (χ2v) is 4.81. The van der Waals surface area contributed by atoms with E-state index < -0.39 is 6.04 Å². The summed E-state index contributed by atoms with van der Waals surface area (Å²) in [6, 6.07) is 6.89. The van der Waals surface area contributed by atoms with E-state index >= 15 is 0 Å². The minimum absolute atomic E-state index is 0.257. The Hall–Kier alpha value is -2.18. The second-order valence-electron chi connectivity index (χ2n) is 4.81. The summed E-state index contributed by atoms with van der Waals surface area (Å²) in [6.07, 6.45) is 4.07. The van der Waals surface area contributed by atoms with E-state index in [1.54, 1.807) is 31.2 Å². The average Bonchev–Trinajstić information content (AvgIpc) is 2.92. The van der Waals surface area contributed by atoms with Crippen molar-refractivity contribution in [3.05, 3.63) is 47.8 Å². The van der Waals surface area contributed by atoms with Crippen LogP contribution in [-0.2, 0) is 23.0 Å². The molecule has 0 saturated heterocycles. The molecule has 1 heterocycles. The molecule has 0 aliphatic carbocycles. The van der Waals surface area contributed by atoms with Crippen molar-refractivity contribution in [2.75, 3.05) is 19.0 Å². The number of hydrogen-bond donors (Lipinski definition) is 2. The van der Waals surface area contributed by atoms with Crippen molar-refractivity contribution in [2.24, 2.45) is 12.8 Å². The number of ether oxygens (including phenoxy) is 1. The van der Waals surface area contributed by atoms with Crippen LogP contribution in [0.5, 0.6) is 0 Å². The van der Waals surface area contributed by atoms with Crippen LogP contribution in [0.1, 0.15) is 17.2 Å². The third-order valence-corrected chi connectivity index (χ3v) is 3.22. The molecule has 0 fully saturated rings. The molecule has 2 rings (SSSR count). The van der Waals surface area contributed by atoms with Crippen LogP contribution in [0.15, 0.2) is 36.7 Å². The highest BCUT2D eigenvalue weighted by atomic mass is 16.5. The number of nitrogens with two attached hydrogens (primary N) is 1. The molecule has 0 aliphatic rings. The van der Waals surface area contributed by atoms with Gasteiger partial charge in [-0.05, 0) is 18.1 Å². The van der Waals surface area contributed by atoms with Crippen molar-refractivity contribution in [2.45, 2.75) is 12.5 Å². The fraction of sp³-hybridized carbons (Fsp3) is 0.333. The Labute approximate surface area is 123 Å². The number of aromatic nitrogens is 2. The summed E-state index contributed by atoms with van der Waals surface area (Å²) in [6.45, 7) is 0.599. The fourth-order valence-electron chi connectivity index (χ4n) is 2.03. The number of benzene rings is 1. The second kappa shape index (κ2) is 7.01. The van der Waals surface area contributed by atoms with E-state index in [1.165, 1.54) is 0 Å². The Morgan fingerprint density at radius 3 is 2.90 bits per heavy atom. The Morgan fingerprint density at radius 1 is 1.48 bits per heavy atom. The van der Waals surface area contributed by atoms with Crippen molar-refractivity contribution < 1.29 is 9.53 Å². The molecule has 1 amide bonds. The standard InChI is InChI=1S/C15H20N4O2/c1-19-10-12(9-17-19)14(16)15(20)18-13-6-4-3-5-11(13)7-8-21-2/h3-6,9-10,14H,7-8,16H2,1-2H3,(H,18,20). The number of methoxy groups -OCH3 is 1. The van der Waals surface area contributed by atoms with Gasteiger partial charge in [0.05, 0.1) is 12.8 Å². The van der Waals surface area contributed by atoms with Crippen LogP contribution in [0, 0.1) is 0 Å². The first-order valence-corrected chi connectivity index (χ1v) is 6.73. The molecule has 2 aromatic rings. The van der Waals surface area contributed by atoms with Gasteiger partial charge in [-0.3, -0.25) is 9.48 Å². The number of anilines is 1. The van der Waals surface area contributed by atoms with Gasteiger partial charge in [0.1, 0.15) is 6.04 Å². The van der Waals surface area contributed by atoms with E-state index in [0.717, 1.165) is 17.7 Å². The van der Waals surface area contributed by atoms with Crippen LogP contribution in [0.2, 0.25) is 0 Å². The van der Waals surface area contributed by atoms with Crippen molar-refractivity contribution in [1.29, 1.82) is 0 Å². The highest BCUT2D eigenvalue weighted by molar-refractivity contribution is 5.95. The highest BCUT2D eigenvalue weighted by Gasteiger charge is 2.18. The molecule has 1 aromatic heterocycles. The normalized spacial score (nSPS) is 12.1. The van der Waals surface area contributed by atoms with E-state index in [0.29, 0.717) is 12.2 Å². The highest BCUT2D eigenvalue weighted by Crippen LogP contribution is 2.18. The summed E-state index contributed by atoms with van der Waals surface area (Å²) in [5.41, 5.74) is 8.43. The Morgan fingerprint density at radius 2 is 2.24 bits per heavy atom. The number of aryl methyl sites for hydroxylation is 1. The maximum Gasteiger partial charge on any atom is 0.246 e. The van der Waals surface area contributed by atoms with Gasteiger partial charge in [0, 0.05) is 31.6 Å². The van der Waals surface area contributed by atoms with Gasteiger partial charge >= 0.3 is 0 Å². The van der Waals surface area contributed by atoms with Gasteiger partial charge < -0.3 is 15.8 Å². The third-order valence-electron chi connectivity index (χ3n) is 3.22. The Kier molecular flexibility index (Phi) is 5.08. The molecular formula is C15H20N4O2. The van der Waals surface area contributed by atoms with Crippen LogP contribution in [-0.4, -0.2) is 29.4 Å². The molecule has 6 heteroatoms. The molecule has 0 saturated carbocycles. The first-order chi connectivity index (χ1) is 10.1. The molecule has 0 bridgehead atoms. The van der Waals surface area contributed by atoms with Gasteiger partial charge in [0.2, 0.25) is 5.91 Å². The average molecular weight is 288 g/mol. The number of para-hydroxylation sites is 1. The van der Waals surface area contributed by atoms with Gasteiger partial charge in [-0.2, -0.15) is 5.10 Å². The molecule has 6 nitrogen and oxygen atoms in total. The van der Waals surface area contributed by atoms with Crippen LogP contribution >= 0.6 is 0 Å². The number of hydrogen-bond acceptors (Lipinski definition) is 4. The quantitative estimate of drug-likeness (QED) is 0.838. The van der Waals surface area contributed by atoms with Gasteiger partial charge in [-0.25, -0.2) is 0 Å². The van der Waals surface area contributed by atoms with E-state index in [1.807, 2.05) is 24.3 Å². The zero-order chi connectivity index (χ0) is 15.2. The Balaban J connectivity index is 2.08. The molecule has 21 heavy (non-hydrogen) atoms. The summed E-state index contributed by atoms with van der Waals surface area (Å²) in [5.74, 6) is -0.257. The predicted octanol–water partition coefficient (Wildman–Crippen LogP) is 1.25. The van der Waals surface area contributed by atoms with Crippen molar-refractivity contribution in [3.8, 4) is 0 Å². The van der Waals surface area contributed by atoms with Crippen LogP contribution in [0.4, 0.5) is 5.69 Å². The van der Waals surface area contributed by atoms with Crippen LogP contribution in [0.25, 0.3) is 0 Å². The molecule has 3 N–H and O–H groups in total. The molecule has 0 spiro atoms. The molecule has 1 unspecified atom stereocenters. The van der Waals surface area contributed by atoms with E-state index in [-0.39, 0.29) is 5.91 Å². The lowest BCUT2D eigenvalue weighted by Gasteiger charge is -2.14. The minimum atomic E-state index is -0.741. The van der Waals surface area contributed by atoms with E-state index in [2.05, 4.69) is 10.4 Å². The lowest BCUT2D eigenvalue weighted by atomic mass is 10.1. The minimum Gasteiger partial charge on any atom is -0.384 e. The summed E-state index contributed by atoms with van der Waals surface area (Å²) in [5, 5.41) is 6.90. The smallest absolute Gasteiger partial charge is 0.246 e. The molecule has 0 radical (unpaired) electrons. The number of carbonyl (C=O) groups excluding carboxylic acids is 1. The van der Waals surface area contributed by atoms with Gasteiger partial charge in [0.25, 0.3) is 0 Å². The zero-order valence-corrected chi connectivity index (χ0v) is 12.2. The van der Waals surface area contributed by atoms with Crippen molar-refractivity contribution in [1.82, 2.24) is 9.78 Å². The van der Waals surface area contributed by atoms with Crippen molar-refractivity contribution in [3.63, 3.8) is 0 Å². The maximum atomic E-state index is 12.2. The molecule has 1 atom stereocenters. The largest absolute Gasteiger partial charge is 0.384 e. The first kappa shape index (κ1) is 15.2. The monoisotopic (exact) mass is 288 g/mol. The van der Waals surface area contributed by atoms with Crippen molar-refractivity contribution >= 4 is 11.6 Å². The molecular weight excluding hydrogens is 268 g/mol. The summed E-state index contributed by atoms with van der Waals surface area (Å²) in [4.78, 5) is 12.2. The first-order valence-electron chi connectivity index (χ1n) is 6.73. The Bertz CT molecular complexity index is 609. The van der Waals surface area contributed by atoms with Gasteiger partial charge in [0.15, 0.2) is 0 Å². The van der Waals surface area contributed by atoms with Crippen LogP contribution in [0.3, 0.4) is 0 Å². The van der Waals surface area contributed by atoms with Gasteiger partial charge in [-0.15, -0.1) is 0 Å². The van der Waals surface area contributed by atoms with Gasteiger partial charge in [-0.1, -0.05) is 18.2 Å². The number of nitrogens with zero attached hydrogens (tertiary/aromatic N) is 2. The summed E-state index contributed by atoms with van der Waals surface area (Å²) < 4.78 is 6.70. The lowest BCUT2D eigenvalue weighted by Crippen LogP contribution is -2.28. The maximum absolute atomic E-state index is 12.2. The number of rotatable bonds is 6. The fourth-order valence-corrected chi connectivity index (χ4v) is 2.03. The number of amides is 1. The molecule has 112 valence electrons. The molecule has 0 aliphatic heterocycles. The summed E-state index contributed by atoms with van der Waals surface area (Å²) in [7, 11) is 3.44. The van der Waals surface area contributed by atoms with E-state index in [9.17, 15) is 4.79 Å².